The molecule has 63 heavy (non-hydrogen) atoms. The van der Waals surface area contributed by atoms with Crippen molar-refractivity contribution in [3.63, 3.8) is 0 Å². The summed E-state index contributed by atoms with van der Waals surface area (Å²) in [6.07, 6.45) is 0. The molecular formula is C60H41N3. The van der Waals surface area contributed by atoms with Gasteiger partial charge in [-0.1, -0.05) is 158 Å². The Balaban J connectivity index is 1.03. The molecule has 0 aliphatic heterocycles. The lowest BCUT2D eigenvalue weighted by Gasteiger charge is -2.27. The molecular weight excluding hydrogens is 763 g/mol. The fourth-order valence-corrected chi connectivity index (χ4v) is 9.58. The van der Waals surface area contributed by atoms with Crippen molar-refractivity contribution < 1.29 is 0 Å². The summed E-state index contributed by atoms with van der Waals surface area (Å²) in [5.41, 5.74) is 17.3. The fraction of sp³-hybridized carbons (Fsp3) is 0. The molecule has 0 atom stereocenters. The second kappa shape index (κ2) is 15.3. The van der Waals surface area contributed by atoms with Crippen LogP contribution in [0, 0.1) is 0 Å². The Bertz CT molecular complexity index is 3290. The minimum Gasteiger partial charge on any atom is -0.310 e. The van der Waals surface area contributed by atoms with Gasteiger partial charge < -0.3 is 14.0 Å². The molecule has 3 nitrogen and oxygen atoms in total. The molecule has 0 aliphatic rings. The summed E-state index contributed by atoms with van der Waals surface area (Å²) < 4.78 is 4.79. The SMILES string of the molecule is c1ccc(-c2cc(-c3ccccc3)cc(-c3ccc(N(c4cccc(-n5c6ccccc6c6ccccc65)c4)c4cccc(-n5c6ccccc6c6ccccc65)c4)cc3)c2)cc1. The number of nitrogens with zero attached hydrogens (tertiary/aromatic N) is 3. The summed E-state index contributed by atoms with van der Waals surface area (Å²) >= 11 is 0. The van der Waals surface area contributed by atoms with Crippen molar-refractivity contribution in [1.29, 1.82) is 0 Å². The molecule has 0 spiro atoms. The van der Waals surface area contributed by atoms with E-state index < -0.39 is 0 Å². The third kappa shape index (κ3) is 6.38. The lowest BCUT2D eigenvalue weighted by molar-refractivity contribution is 1.16. The Morgan fingerprint density at radius 3 is 0.937 bits per heavy atom. The summed E-state index contributed by atoms with van der Waals surface area (Å²) in [4.78, 5) is 2.40. The van der Waals surface area contributed by atoms with E-state index in [2.05, 4.69) is 263 Å². The smallest absolute Gasteiger partial charge is 0.0541 e. The summed E-state index contributed by atoms with van der Waals surface area (Å²) in [5.74, 6) is 0. The minimum atomic E-state index is 1.07. The lowest BCUT2D eigenvalue weighted by Crippen LogP contribution is -2.11. The van der Waals surface area contributed by atoms with Crippen molar-refractivity contribution in [3.8, 4) is 44.8 Å². The number of anilines is 3. The van der Waals surface area contributed by atoms with Gasteiger partial charge >= 0.3 is 0 Å². The monoisotopic (exact) mass is 803 g/mol. The zero-order chi connectivity index (χ0) is 41.7. The molecule has 2 aromatic heterocycles. The van der Waals surface area contributed by atoms with E-state index >= 15 is 0 Å². The molecule has 0 fully saturated rings. The number of fused-ring (bicyclic) bond motifs is 6. The molecule has 0 N–H and O–H groups in total. The van der Waals surface area contributed by atoms with Gasteiger partial charge in [-0.3, -0.25) is 0 Å². The molecule has 0 unspecified atom stereocenters. The number of benzene rings is 10. The Morgan fingerprint density at radius 2 is 0.556 bits per heavy atom. The van der Waals surface area contributed by atoms with E-state index in [1.54, 1.807) is 0 Å². The molecule has 0 bridgehead atoms. The van der Waals surface area contributed by atoms with Crippen molar-refractivity contribution in [3.05, 3.63) is 249 Å². The van der Waals surface area contributed by atoms with E-state index in [-0.39, 0.29) is 0 Å². The molecule has 0 aliphatic carbocycles. The lowest BCUT2D eigenvalue weighted by atomic mass is 9.93. The molecule has 0 radical (unpaired) electrons. The first-order chi connectivity index (χ1) is 31.2. The summed E-state index contributed by atoms with van der Waals surface area (Å²) in [7, 11) is 0. The summed E-state index contributed by atoms with van der Waals surface area (Å²) in [5, 5.41) is 4.99. The molecule has 3 heteroatoms. The highest BCUT2D eigenvalue weighted by Crippen LogP contribution is 2.41. The van der Waals surface area contributed by atoms with Gasteiger partial charge in [0, 0.05) is 50.0 Å². The maximum Gasteiger partial charge on any atom is 0.0541 e. The fourth-order valence-electron chi connectivity index (χ4n) is 9.58. The van der Waals surface area contributed by atoms with Gasteiger partial charge in [0.1, 0.15) is 0 Å². The first kappa shape index (κ1) is 36.5. The third-order valence-electron chi connectivity index (χ3n) is 12.5. The van der Waals surface area contributed by atoms with Gasteiger partial charge in [0.15, 0.2) is 0 Å². The molecule has 0 saturated carbocycles. The van der Waals surface area contributed by atoms with Crippen LogP contribution in [-0.2, 0) is 0 Å². The van der Waals surface area contributed by atoms with Gasteiger partial charge in [0.2, 0.25) is 0 Å². The van der Waals surface area contributed by atoms with Gasteiger partial charge in [-0.2, -0.15) is 0 Å². The van der Waals surface area contributed by atoms with Crippen LogP contribution < -0.4 is 4.90 Å². The van der Waals surface area contributed by atoms with E-state index in [9.17, 15) is 0 Å². The Kier molecular flexibility index (Phi) is 8.83. The summed E-state index contributed by atoms with van der Waals surface area (Å²) in [6, 6.07) is 90.2. The van der Waals surface area contributed by atoms with Crippen LogP contribution in [0.1, 0.15) is 0 Å². The second-order valence-electron chi connectivity index (χ2n) is 16.2. The van der Waals surface area contributed by atoms with Crippen LogP contribution in [0.4, 0.5) is 17.1 Å². The van der Waals surface area contributed by atoms with Crippen molar-refractivity contribution in [2.45, 2.75) is 0 Å². The first-order valence-corrected chi connectivity index (χ1v) is 21.6. The molecule has 296 valence electrons. The molecule has 10 aromatic carbocycles. The molecule has 0 amide bonds. The van der Waals surface area contributed by atoms with Crippen LogP contribution in [0.5, 0.6) is 0 Å². The standard InChI is InChI=1S/C60H41N3/c1-3-17-42(18-4-1)45-37-46(43-19-5-2-6-20-43)39-47(38-45)44-33-35-48(36-34-44)61(49-21-15-23-51(40-49)62-57-29-11-7-25-53(57)54-26-8-12-30-58(54)62)50-22-16-24-52(41-50)63-59-31-13-9-27-55(59)56-28-10-14-32-60(56)63/h1-41H. The van der Waals surface area contributed by atoms with E-state index in [0.29, 0.717) is 0 Å². The van der Waals surface area contributed by atoms with Crippen LogP contribution in [0.2, 0.25) is 0 Å². The molecule has 12 rings (SSSR count). The Labute approximate surface area is 366 Å². The Hall–Kier alpha value is -8.40. The summed E-state index contributed by atoms with van der Waals surface area (Å²) in [6.45, 7) is 0. The van der Waals surface area contributed by atoms with Gasteiger partial charge in [0.05, 0.1) is 22.1 Å². The number of para-hydroxylation sites is 4. The predicted octanol–water partition coefficient (Wildman–Crippen LogP) is 16.4. The molecule has 2 heterocycles. The number of hydrogen-bond acceptors (Lipinski definition) is 1. The average molecular weight is 804 g/mol. The first-order valence-electron chi connectivity index (χ1n) is 21.6. The van der Waals surface area contributed by atoms with Gasteiger partial charge in [-0.25, -0.2) is 0 Å². The van der Waals surface area contributed by atoms with Gasteiger partial charge in [-0.15, -0.1) is 0 Å². The van der Waals surface area contributed by atoms with Crippen molar-refractivity contribution >= 4 is 60.7 Å². The maximum atomic E-state index is 2.40. The maximum absolute atomic E-state index is 2.40. The zero-order valence-electron chi connectivity index (χ0n) is 34.5. The molecule has 12 aromatic rings. The predicted molar refractivity (Wildman–Crippen MR) is 266 cm³/mol. The normalized spacial score (nSPS) is 11.5. The van der Waals surface area contributed by atoms with Crippen LogP contribution >= 0.6 is 0 Å². The largest absolute Gasteiger partial charge is 0.310 e. The van der Waals surface area contributed by atoms with Crippen LogP contribution in [-0.4, -0.2) is 9.13 Å². The van der Waals surface area contributed by atoms with E-state index in [4.69, 9.17) is 0 Å². The van der Waals surface area contributed by atoms with E-state index in [1.807, 2.05) is 0 Å². The van der Waals surface area contributed by atoms with Crippen LogP contribution in [0.3, 0.4) is 0 Å². The zero-order valence-corrected chi connectivity index (χ0v) is 34.5. The highest BCUT2D eigenvalue weighted by Gasteiger charge is 2.19. The van der Waals surface area contributed by atoms with Crippen molar-refractivity contribution in [2.24, 2.45) is 0 Å². The number of aromatic nitrogens is 2. The highest BCUT2D eigenvalue weighted by molar-refractivity contribution is 6.10. The van der Waals surface area contributed by atoms with Gasteiger partial charge in [-0.05, 0) is 124 Å². The van der Waals surface area contributed by atoms with Gasteiger partial charge in [0.25, 0.3) is 0 Å². The van der Waals surface area contributed by atoms with Crippen LogP contribution in [0.25, 0.3) is 88.4 Å². The van der Waals surface area contributed by atoms with E-state index in [0.717, 1.165) is 34.0 Å². The van der Waals surface area contributed by atoms with Crippen LogP contribution in [0.15, 0.2) is 249 Å². The second-order valence-corrected chi connectivity index (χ2v) is 16.2. The topological polar surface area (TPSA) is 13.1 Å². The van der Waals surface area contributed by atoms with E-state index in [1.165, 1.54) is 71.4 Å². The van der Waals surface area contributed by atoms with Crippen molar-refractivity contribution in [1.82, 2.24) is 9.13 Å². The third-order valence-corrected chi connectivity index (χ3v) is 12.5. The minimum absolute atomic E-state index is 1.07. The Morgan fingerprint density at radius 1 is 0.222 bits per heavy atom. The quantitative estimate of drug-likeness (QED) is 0.149. The number of rotatable bonds is 8. The van der Waals surface area contributed by atoms with Crippen molar-refractivity contribution in [2.75, 3.05) is 4.90 Å². The highest BCUT2D eigenvalue weighted by atomic mass is 15.1. The average Bonchev–Trinajstić information content (AvgIpc) is 3.88. The number of hydrogen-bond donors (Lipinski definition) is 0. The molecule has 0 saturated heterocycles.